The molecule has 4 aromatic carbocycles. The molecule has 0 bridgehead atoms. The Morgan fingerprint density at radius 1 is 0.903 bits per heavy atom. The van der Waals surface area contributed by atoms with Crippen LogP contribution in [-0.2, 0) is 11.3 Å². The second-order valence-corrected chi connectivity index (χ2v) is 8.21. The van der Waals surface area contributed by atoms with Gasteiger partial charge in [0.25, 0.3) is 0 Å². The maximum absolute atomic E-state index is 13.4. The van der Waals surface area contributed by atoms with Gasteiger partial charge in [-0.25, -0.2) is 0 Å². The highest BCUT2D eigenvalue weighted by atomic mass is 16.5. The van der Waals surface area contributed by atoms with E-state index in [0.717, 1.165) is 22.6 Å². The average molecular weight is 408 g/mol. The third kappa shape index (κ3) is 3.57. The number of fused-ring (bicyclic) bond motifs is 3. The molecule has 4 aromatic rings. The number of rotatable bonds is 4. The lowest BCUT2D eigenvalue weighted by atomic mass is 9.81. The zero-order valence-electron chi connectivity index (χ0n) is 17.8. The number of methoxy groups -OCH3 is 1. The van der Waals surface area contributed by atoms with Crippen LogP contribution in [0.1, 0.15) is 34.6 Å². The molecule has 1 aliphatic heterocycles. The van der Waals surface area contributed by atoms with Gasteiger partial charge in [0.05, 0.1) is 13.7 Å². The topological polar surface area (TPSA) is 29.5 Å². The lowest BCUT2D eigenvalue weighted by Crippen LogP contribution is -2.36. The van der Waals surface area contributed by atoms with E-state index < -0.39 is 0 Å². The molecule has 0 saturated carbocycles. The number of carbonyl (C=O) groups is 1. The van der Waals surface area contributed by atoms with Gasteiger partial charge in [-0.3, -0.25) is 4.79 Å². The fourth-order valence-corrected chi connectivity index (χ4v) is 4.58. The summed E-state index contributed by atoms with van der Waals surface area (Å²) in [6, 6.07) is 29.2. The zero-order chi connectivity index (χ0) is 21.4. The van der Waals surface area contributed by atoms with Crippen LogP contribution in [0.15, 0.2) is 84.9 Å². The Hall–Kier alpha value is -3.59. The van der Waals surface area contributed by atoms with Gasteiger partial charge in [-0.15, -0.1) is 0 Å². The van der Waals surface area contributed by atoms with Crippen molar-refractivity contribution < 1.29 is 9.53 Å². The van der Waals surface area contributed by atoms with E-state index in [0.29, 0.717) is 13.0 Å². The van der Waals surface area contributed by atoms with Crippen LogP contribution in [0.3, 0.4) is 0 Å². The Labute approximate surface area is 182 Å². The number of aryl methyl sites for hydroxylation is 1. The van der Waals surface area contributed by atoms with E-state index in [1.165, 1.54) is 21.9 Å². The van der Waals surface area contributed by atoms with Crippen molar-refractivity contribution in [3.8, 4) is 5.75 Å². The van der Waals surface area contributed by atoms with Crippen molar-refractivity contribution in [1.29, 1.82) is 0 Å². The van der Waals surface area contributed by atoms with Crippen LogP contribution >= 0.6 is 0 Å². The number of nitrogens with zero attached hydrogens (tertiary/aromatic N) is 1. The van der Waals surface area contributed by atoms with Gasteiger partial charge in [0.15, 0.2) is 0 Å². The molecule has 5 rings (SSSR count). The Morgan fingerprint density at radius 3 is 2.39 bits per heavy atom. The first-order chi connectivity index (χ1) is 15.1. The van der Waals surface area contributed by atoms with Crippen molar-refractivity contribution in [1.82, 2.24) is 0 Å². The molecular weight excluding hydrogens is 382 g/mol. The third-order valence-electron chi connectivity index (χ3n) is 6.25. The lowest BCUT2D eigenvalue weighted by Gasteiger charge is -2.35. The molecule has 0 N–H and O–H groups in total. The summed E-state index contributed by atoms with van der Waals surface area (Å²) in [5.41, 5.74) is 5.74. The van der Waals surface area contributed by atoms with Gasteiger partial charge in [0, 0.05) is 18.0 Å². The SMILES string of the molecule is COc1ccc(C2CC(=O)N(Cc3ccc(C)cc3)c3ccc4ccccc4c32)cc1. The van der Waals surface area contributed by atoms with Crippen molar-refractivity contribution in [3.63, 3.8) is 0 Å². The van der Waals surface area contributed by atoms with E-state index in [9.17, 15) is 4.79 Å². The van der Waals surface area contributed by atoms with Gasteiger partial charge in [-0.05, 0) is 52.6 Å². The molecular formula is C28H25NO2. The van der Waals surface area contributed by atoms with Crippen molar-refractivity contribution in [3.05, 3.63) is 107 Å². The number of hydrogen-bond donors (Lipinski definition) is 0. The summed E-state index contributed by atoms with van der Waals surface area (Å²) in [6.45, 7) is 2.66. The highest BCUT2D eigenvalue weighted by Crippen LogP contribution is 2.44. The molecule has 0 aromatic heterocycles. The lowest BCUT2D eigenvalue weighted by molar-refractivity contribution is -0.119. The van der Waals surface area contributed by atoms with Crippen LogP contribution in [0.2, 0.25) is 0 Å². The summed E-state index contributed by atoms with van der Waals surface area (Å²) in [4.78, 5) is 15.3. The minimum atomic E-state index is 0.0220. The number of anilines is 1. The third-order valence-corrected chi connectivity index (χ3v) is 6.25. The molecule has 31 heavy (non-hydrogen) atoms. The Bertz CT molecular complexity index is 1240. The molecule has 1 atom stereocenters. The van der Waals surface area contributed by atoms with Crippen LogP contribution < -0.4 is 9.64 Å². The first-order valence-electron chi connectivity index (χ1n) is 10.7. The quantitative estimate of drug-likeness (QED) is 0.402. The van der Waals surface area contributed by atoms with E-state index in [1.807, 2.05) is 17.0 Å². The number of carbonyl (C=O) groups excluding carboxylic acids is 1. The second kappa shape index (κ2) is 7.92. The number of hydrogen-bond acceptors (Lipinski definition) is 2. The van der Waals surface area contributed by atoms with Gasteiger partial charge in [-0.1, -0.05) is 72.3 Å². The van der Waals surface area contributed by atoms with Gasteiger partial charge in [0.1, 0.15) is 5.75 Å². The Balaban J connectivity index is 1.64. The Morgan fingerprint density at radius 2 is 1.65 bits per heavy atom. The van der Waals surface area contributed by atoms with E-state index in [-0.39, 0.29) is 11.8 Å². The highest BCUT2D eigenvalue weighted by Gasteiger charge is 2.33. The molecule has 0 saturated heterocycles. The molecule has 1 aliphatic rings. The van der Waals surface area contributed by atoms with Crippen LogP contribution in [0.4, 0.5) is 5.69 Å². The van der Waals surface area contributed by atoms with Gasteiger partial charge in [0.2, 0.25) is 5.91 Å². The number of ether oxygens (including phenoxy) is 1. The normalized spacial score (nSPS) is 15.7. The van der Waals surface area contributed by atoms with Gasteiger partial charge < -0.3 is 9.64 Å². The molecule has 0 radical (unpaired) electrons. The predicted molar refractivity (Wildman–Crippen MR) is 126 cm³/mol. The maximum Gasteiger partial charge on any atom is 0.228 e. The first kappa shape index (κ1) is 19.4. The van der Waals surface area contributed by atoms with Crippen molar-refractivity contribution >= 4 is 22.4 Å². The summed E-state index contributed by atoms with van der Waals surface area (Å²) < 4.78 is 5.33. The standard InChI is InChI=1S/C28H25NO2/c1-19-7-9-20(10-8-19)18-29-26-16-13-21-5-3-4-6-24(21)28(26)25(17-27(29)30)22-11-14-23(31-2)15-12-22/h3-16,25H,17-18H2,1-2H3. The maximum atomic E-state index is 13.4. The smallest absolute Gasteiger partial charge is 0.228 e. The van der Waals surface area contributed by atoms with E-state index >= 15 is 0 Å². The monoisotopic (exact) mass is 407 g/mol. The molecule has 1 unspecified atom stereocenters. The fraction of sp³-hybridized carbons (Fsp3) is 0.179. The first-order valence-corrected chi connectivity index (χ1v) is 10.7. The predicted octanol–water partition coefficient (Wildman–Crippen LogP) is 6.23. The minimum absolute atomic E-state index is 0.0220. The molecule has 1 heterocycles. The van der Waals surface area contributed by atoms with E-state index in [1.54, 1.807) is 7.11 Å². The Kier molecular flexibility index (Phi) is 4.95. The van der Waals surface area contributed by atoms with E-state index in [2.05, 4.69) is 79.7 Å². The van der Waals surface area contributed by atoms with Crippen LogP contribution in [0.25, 0.3) is 10.8 Å². The summed E-state index contributed by atoms with van der Waals surface area (Å²) >= 11 is 0. The molecule has 3 heteroatoms. The van der Waals surface area contributed by atoms with Gasteiger partial charge >= 0.3 is 0 Å². The minimum Gasteiger partial charge on any atom is -0.497 e. The fourth-order valence-electron chi connectivity index (χ4n) is 4.58. The summed E-state index contributed by atoms with van der Waals surface area (Å²) in [7, 11) is 1.67. The van der Waals surface area contributed by atoms with Gasteiger partial charge in [-0.2, -0.15) is 0 Å². The van der Waals surface area contributed by atoms with Crippen molar-refractivity contribution in [2.45, 2.75) is 25.8 Å². The van der Waals surface area contributed by atoms with Crippen LogP contribution in [0, 0.1) is 6.92 Å². The summed E-state index contributed by atoms with van der Waals surface area (Å²) in [6.07, 6.45) is 0.458. The van der Waals surface area contributed by atoms with Crippen molar-refractivity contribution in [2.24, 2.45) is 0 Å². The zero-order valence-corrected chi connectivity index (χ0v) is 17.8. The van der Waals surface area contributed by atoms with Crippen LogP contribution in [-0.4, -0.2) is 13.0 Å². The number of amides is 1. The molecule has 154 valence electrons. The second-order valence-electron chi connectivity index (χ2n) is 8.21. The van der Waals surface area contributed by atoms with E-state index in [4.69, 9.17) is 4.74 Å². The molecule has 0 fully saturated rings. The average Bonchev–Trinajstić information content (AvgIpc) is 2.81. The number of benzene rings is 4. The van der Waals surface area contributed by atoms with Crippen LogP contribution in [0.5, 0.6) is 5.75 Å². The summed E-state index contributed by atoms with van der Waals surface area (Å²) in [5, 5.41) is 2.41. The molecule has 1 amide bonds. The molecule has 0 spiro atoms. The molecule has 3 nitrogen and oxygen atoms in total. The largest absolute Gasteiger partial charge is 0.497 e. The summed E-state index contributed by atoms with van der Waals surface area (Å²) in [5.74, 6) is 1.00. The van der Waals surface area contributed by atoms with Crippen molar-refractivity contribution in [2.75, 3.05) is 12.0 Å². The highest BCUT2D eigenvalue weighted by molar-refractivity contribution is 6.03. The molecule has 0 aliphatic carbocycles.